The molecule has 0 bridgehead atoms. The third-order valence-electron chi connectivity index (χ3n) is 3.30. The van der Waals surface area contributed by atoms with Gasteiger partial charge >= 0.3 is 0 Å². The molecule has 0 fully saturated rings. The van der Waals surface area contributed by atoms with Crippen molar-refractivity contribution in [2.24, 2.45) is 0 Å². The van der Waals surface area contributed by atoms with Crippen LogP contribution in [0.25, 0.3) is 10.9 Å². The summed E-state index contributed by atoms with van der Waals surface area (Å²) in [6, 6.07) is 13.7. The highest BCUT2D eigenvalue weighted by molar-refractivity contribution is 6.10. The van der Waals surface area contributed by atoms with E-state index in [4.69, 9.17) is 0 Å². The number of carbonyl (C=O) groups excluding carboxylic acids is 1. The fourth-order valence-electron chi connectivity index (χ4n) is 2.20. The second kappa shape index (κ2) is 4.85. The highest BCUT2D eigenvalue weighted by atomic mass is 19.1. The second-order valence-corrected chi connectivity index (χ2v) is 4.68. The highest BCUT2D eigenvalue weighted by Gasteiger charge is 2.15. The molecule has 0 amide bonds. The Morgan fingerprint density at radius 3 is 2.80 bits per heavy atom. The third-order valence-corrected chi connectivity index (χ3v) is 3.30. The molecule has 0 aliphatic rings. The van der Waals surface area contributed by atoms with Crippen molar-refractivity contribution in [3.63, 3.8) is 0 Å². The van der Waals surface area contributed by atoms with Crippen LogP contribution in [-0.4, -0.2) is 10.8 Å². The van der Waals surface area contributed by atoms with E-state index in [1.54, 1.807) is 43.5 Å². The fraction of sp³-hybridized carbons (Fsp3) is 0.0588. The molecule has 3 heteroatoms. The van der Waals surface area contributed by atoms with Gasteiger partial charge in [0.05, 0.1) is 11.1 Å². The van der Waals surface area contributed by atoms with Crippen molar-refractivity contribution in [1.82, 2.24) is 4.98 Å². The number of hydrogen-bond acceptors (Lipinski definition) is 2. The smallest absolute Gasteiger partial charge is 0.196 e. The number of rotatable bonds is 2. The maximum Gasteiger partial charge on any atom is 0.196 e. The Labute approximate surface area is 115 Å². The van der Waals surface area contributed by atoms with E-state index < -0.39 is 5.82 Å². The van der Waals surface area contributed by atoms with E-state index in [-0.39, 0.29) is 11.3 Å². The number of benzene rings is 2. The van der Waals surface area contributed by atoms with Gasteiger partial charge in [-0.2, -0.15) is 0 Å². The van der Waals surface area contributed by atoms with Crippen LogP contribution in [0, 0.1) is 12.7 Å². The first-order valence-corrected chi connectivity index (χ1v) is 6.31. The van der Waals surface area contributed by atoms with E-state index in [1.807, 2.05) is 12.1 Å². The average molecular weight is 265 g/mol. The predicted molar refractivity (Wildman–Crippen MR) is 76.3 cm³/mol. The zero-order valence-corrected chi connectivity index (χ0v) is 10.9. The molecule has 98 valence electrons. The van der Waals surface area contributed by atoms with E-state index in [0.717, 1.165) is 10.9 Å². The van der Waals surface area contributed by atoms with E-state index in [9.17, 15) is 9.18 Å². The molecule has 3 rings (SSSR count). The van der Waals surface area contributed by atoms with Crippen molar-refractivity contribution in [2.45, 2.75) is 6.92 Å². The van der Waals surface area contributed by atoms with Crippen molar-refractivity contribution in [2.75, 3.05) is 0 Å². The molecule has 0 aliphatic heterocycles. The molecule has 0 unspecified atom stereocenters. The largest absolute Gasteiger partial charge is 0.288 e. The molecule has 0 saturated heterocycles. The van der Waals surface area contributed by atoms with E-state index in [2.05, 4.69) is 4.98 Å². The maximum absolute atomic E-state index is 14.0. The molecule has 0 radical (unpaired) electrons. The predicted octanol–water partition coefficient (Wildman–Crippen LogP) is 3.91. The molecule has 0 saturated carbocycles. The molecule has 3 aromatic rings. The summed E-state index contributed by atoms with van der Waals surface area (Å²) in [7, 11) is 0. The Morgan fingerprint density at radius 2 is 1.95 bits per heavy atom. The average Bonchev–Trinajstić information content (AvgIpc) is 2.49. The summed E-state index contributed by atoms with van der Waals surface area (Å²) in [5.41, 5.74) is 1.86. The first-order chi connectivity index (χ1) is 9.66. The Bertz CT molecular complexity index is 811. The van der Waals surface area contributed by atoms with Crippen molar-refractivity contribution >= 4 is 16.7 Å². The molecule has 0 atom stereocenters. The minimum atomic E-state index is -0.455. The van der Waals surface area contributed by atoms with Crippen LogP contribution in [0.15, 0.2) is 54.7 Å². The zero-order chi connectivity index (χ0) is 14.1. The summed E-state index contributed by atoms with van der Waals surface area (Å²) >= 11 is 0. The van der Waals surface area contributed by atoms with Crippen molar-refractivity contribution < 1.29 is 9.18 Å². The van der Waals surface area contributed by atoms with E-state index in [1.165, 1.54) is 6.07 Å². The fourth-order valence-corrected chi connectivity index (χ4v) is 2.20. The Balaban J connectivity index is 2.10. The number of nitrogens with zero attached hydrogens (tertiary/aromatic N) is 1. The summed E-state index contributed by atoms with van der Waals surface area (Å²) in [6.07, 6.45) is 1.70. The number of halogens is 1. The van der Waals surface area contributed by atoms with Gasteiger partial charge in [-0.05, 0) is 42.8 Å². The molecule has 20 heavy (non-hydrogen) atoms. The molecule has 2 nitrogen and oxygen atoms in total. The summed E-state index contributed by atoms with van der Waals surface area (Å²) < 4.78 is 14.0. The first-order valence-electron chi connectivity index (χ1n) is 6.31. The van der Waals surface area contributed by atoms with Gasteiger partial charge in [-0.1, -0.05) is 18.2 Å². The summed E-state index contributed by atoms with van der Waals surface area (Å²) in [4.78, 5) is 16.6. The molecule has 1 heterocycles. The quantitative estimate of drug-likeness (QED) is 0.657. The van der Waals surface area contributed by atoms with Crippen molar-refractivity contribution in [1.29, 1.82) is 0 Å². The zero-order valence-electron chi connectivity index (χ0n) is 10.9. The van der Waals surface area contributed by atoms with Crippen LogP contribution in [0.1, 0.15) is 21.5 Å². The van der Waals surface area contributed by atoms with Gasteiger partial charge in [-0.25, -0.2) is 4.39 Å². The molecular formula is C17H12FNO. The first kappa shape index (κ1) is 12.5. The lowest BCUT2D eigenvalue weighted by molar-refractivity contribution is 0.103. The van der Waals surface area contributed by atoms with Crippen molar-refractivity contribution in [3.05, 3.63) is 77.2 Å². The topological polar surface area (TPSA) is 30.0 Å². The normalized spacial score (nSPS) is 10.7. The third kappa shape index (κ3) is 2.07. The van der Waals surface area contributed by atoms with Crippen LogP contribution in [0.5, 0.6) is 0 Å². The second-order valence-electron chi connectivity index (χ2n) is 4.68. The summed E-state index contributed by atoms with van der Waals surface area (Å²) in [5, 5.41) is 0.867. The molecular weight excluding hydrogens is 253 g/mol. The minimum absolute atomic E-state index is 0.105. The summed E-state index contributed by atoms with van der Waals surface area (Å²) in [5.74, 6) is -0.763. The van der Waals surface area contributed by atoms with Crippen LogP contribution in [0.2, 0.25) is 0 Å². The Hall–Kier alpha value is -2.55. The van der Waals surface area contributed by atoms with Gasteiger partial charge in [-0.15, -0.1) is 0 Å². The standard InChI is InChI=1S/C17H12FNO/c1-11-4-2-6-14(16(11)18)17(20)13-7-8-15-12(10-13)5-3-9-19-15/h2-10H,1H3. The Kier molecular flexibility index (Phi) is 3.03. The molecule has 0 spiro atoms. The number of carbonyl (C=O) groups is 1. The number of fused-ring (bicyclic) bond motifs is 1. The molecule has 0 N–H and O–H groups in total. The monoisotopic (exact) mass is 265 g/mol. The van der Waals surface area contributed by atoms with Gasteiger partial charge < -0.3 is 0 Å². The molecule has 1 aromatic heterocycles. The SMILES string of the molecule is Cc1cccc(C(=O)c2ccc3ncccc3c2)c1F. The van der Waals surface area contributed by atoms with Crippen LogP contribution in [-0.2, 0) is 0 Å². The van der Waals surface area contributed by atoms with Gasteiger partial charge in [0.2, 0.25) is 0 Å². The van der Waals surface area contributed by atoms with Crippen LogP contribution in [0.3, 0.4) is 0 Å². The number of aryl methyl sites for hydroxylation is 1. The number of aromatic nitrogens is 1. The minimum Gasteiger partial charge on any atom is -0.288 e. The van der Waals surface area contributed by atoms with Gasteiger partial charge in [0.25, 0.3) is 0 Å². The number of pyridine rings is 1. The van der Waals surface area contributed by atoms with Gasteiger partial charge in [-0.3, -0.25) is 9.78 Å². The lowest BCUT2D eigenvalue weighted by Crippen LogP contribution is -2.05. The highest BCUT2D eigenvalue weighted by Crippen LogP contribution is 2.19. The van der Waals surface area contributed by atoms with Crippen LogP contribution < -0.4 is 0 Å². The number of ketones is 1. The Morgan fingerprint density at radius 1 is 1.10 bits per heavy atom. The van der Waals surface area contributed by atoms with E-state index >= 15 is 0 Å². The number of hydrogen-bond donors (Lipinski definition) is 0. The van der Waals surface area contributed by atoms with Crippen molar-refractivity contribution in [3.8, 4) is 0 Å². The van der Waals surface area contributed by atoms with Crippen LogP contribution >= 0.6 is 0 Å². The van der Waals surface area contributed by atoms with Gasteiger partial charge in [0, 0.05) is 17.1 Å². The summed E-state index contributed by atoms with van der Waals surface area (Å²) in [6.45, 7) is 1.65. The molecule has 0 aliphatic carbocycles. The lowest BCUT2D eigenvalue weighted by Gasteiger charge is -2.06. The van der Waals surface area contributed by atoms with Gasteiger partial charge in [0.1, 0.15) is 5.82 Å². The van der Waals surface area contributed by atoms with Crippen LogP contribution in [0.4, 0.5) is 4.39 Å². The maximum atomic E-state index is 14.0. The van der Waals surface area contributed by atoms with Gasteiger partial charge in [0.15, 0.2) is 5.78 Å². The molecule has 2 aromatic carbocycles. The lowest BCUT2D eigenvalue weighted by atomic mass is 9.99. The van der Waals surface area contributed by atoms with E-state index in [0.29, 0.717) is 11.1 Å².